The summed E-state index contributed by atoms with van der Waals surface area (Å²) in [4.78, 5) is 4.37. The molecule has 0 radical (unpaired) electrons. The van der Waals surface area contributed by atoms with Crippen LogP contribution < -0.4 is 5.73 Å². The van der Waals surface area contributed by atoms with Crippen molar-refractivity contribution in [1.82, 2.24) is 10.1 Å². The van der Waals surface area contributed by atoms with Crippen molar-refractivity contribution >= 4 is 0 Å². The van der Waals surface area contributed by atoms with Gasteiger partial charge in [-0.2, -0.15) is 4.98 Å². The Morgan fingerprint density at radius 2 is 2.15 bits per heavy atom. The fourth-order valence-electron chi connectivity index (χ4n) is 2.24. The van der Waals surface area contributed by atoms with Crippen molar-refractivity contribution in [2.24, 2.45) is 5.73 Å². The van der Waals surface area contributed by atoms with E-state index >= 15 is 0 Å². The van der Waals surface area contributed by atoms with Gasteiger partial charge in [0.2, 0.25) is 0 Å². The largest absolute Gasteiger partial charge is 0.382 e. The van der Waals surface area contributed by atoms with Crippen LogP contribution in [0.5, 0.6) is 0 Å². The van der Waals surface area contributed by atoms with E-state index in [-0.39, 0.29) is 0 Å². The number of aromatic nitrogens is 2. The Balaban J connectivity index is 1.90. The van der Waals surface area contributed by atoms with E-state index in [2.05, 4.69) is 10.1 Å². The predicted molar refractivity (Wildman–Crippen MR) is 71.6 cm³/mol. The summed E-state index contributed by atoms with van der Waals surface area (Å²) in [6.45, 7) is 3.42. The zero-order valence-electron chi connectivity index (χ0n) is 11.5. The lowest BCUT2D eigenvalue weighted by molar-refractivity contribution is 0.134. The summed E-state index contributed by atoms with van der Waals surface area (Å²) < 4.78 is 15.8. The van der Waals surface area contributed by atoms with Gasteiger partial charge in [-0.3, -0.25) is 0 Å². The molecule has 0 spiro atoms. The number of nitrogens with two attached hydrogens (primary N) is 1. The molecule has 0 amide bonds. The molecule has 3 rings (SSSR count). The number of hydrogen-bond donors (Lipinski definition) is 1. The quantitative estimate of drug-likeness (QED) is 0.912. The lowest BCUT2D eigenvalue weighted by Gasteiger charge is -2.18. The van der Waals surface area contributed by atoms with Gasteiger partial charge < -0.3 is 19.7 Å². The van der Waals surface area contributed by atoms with Crippen molar-refractivity contribution in [1.29, 1.82) is 0 Å². The first-order chi connectivity index (χ1) is 9.60. The second-order valence-electron chi connectivity index (χ2n) is 5.25. The van der Waals surface area contributed by atoms with Crippen molar-refractivity contribution in [2.75, 3.05) is 13.7 Å². The van der Waals surface area contributed by atoms with Gasteiger partial charge in [-0.1, -0.05) is 11.2 Å². The number of fused-ring (bicyclic) bond motifs is 1. The van der Waals surface area contributed by atoms with Crippen LogP contribution in [0, 0.1) is 0 Å². The summed E-state index contributed by atoms with van der Waals surface area (Å²) in [7, 11) is 1.59. The van der Waals surface area contributed by atoms with Crippen molar-refractivity contribution in [2.45, 2.75) is 25.7 Å². The van der Waals surface area contributed by atoms with Crippen molar-refractivity contribution in [3.63, 3.8) is 0 Å². The van der Waals surface area contributed by atoms with Gasteiger partial charge in [-0.15, -0.1) is 0 Å². The van der Waals surface area contributed by atoms with E-state index in [0.717, 1.165) is 11.1 Å². The summed E-state index contributed by atoms with van der Waals surface area (Å²) >= 11 is 0. The second kappa shape index (κ2) is 4.97. The standard InChI is InChI=1S/C14H17N3O3/c1-14(15,8-18-2)13-16-12(20-17-13)9-3-4-10-6-19-7-11(10)5-9/h3-5H,6-8,15H2,1-2H3. The first-order valence-corrected chi connectivity index (χ1v) is 6.42. The fraction of sp³-hybridized carbons (Fsp3) is 0.429. The molecular formula is C14H17N3O3. The normalized spacial score (nSPS) is 16.9. The third kappa shape index (κ3) is 2.33. The maximum absolute atomic E-state index is 6.10. The minimum atomic E-state index is -0.768. The van der Waals surface area contributed by atoms with Gasteiger partial charge in [-0.25, -0.2) is 0 Å². The zero-order valence-corrected chi connectivity index (χ0v) is 11.5. The highest BCUT2D eigenvalue weighted by Gasteiger charge is 2.28. The van der Waals surface area contributed by atoms with Crippen molar-refractivity contribution in [3.05, 3.63) is 35.2 Å². The molecule has 0 bridgehead atoms. The SMILES string of the molecule is COCC(C)(N)c1noc(-c2ccc3c(c2)COC3)n1. The van der Waals surface area contributed by atoms with E-state index in [0.29, 0.717) is 31.5 Å². The van der Waals surface area contributed by atoms with E-state index in [1.165, 1.54) is 5.56 Å². The molecule has 0 saturated carbocycles. The third-order valence-corrected chi connectivity index (χ3v) is 3.35. The van der Waals surface area contributed by atoms with Gasteiger partial charge >= 0.3 is 0 Å². The van der Waals surface area contributed by atoms with Crippen molar-refractivity contribution < 1.29 is 14.0 Å². The molecule has 2 N–H and O–H groups in total. The summed E-state index contributed by atoms with van der Waals surface area (Å²) in [5.41, 5.74) is 8.58. The van der Waals surface area contributed by atoms with E-state index in [4.69, 9.17) is 19.7 Å². The molecule has 2 aromatic rings. The summed E-state index contributed by atoms with van der Waals surface area (Å²) in [5, 5.41) is 3.95. The number of nitrogens with zero attached hydrogens (tertiary/aromatic N) is 2. The van der Waals surface area contributed by atoms with Gasteiger partial charge in [0.15, 0.2) is 5.82 Å². The maximum atomic E-state index is 6.10. The van der Waals surface area contributed by atoms with Gasteiger partial charge in [-0.05, 0) is 30.2 Å². The molecule has 2 heterocycles. The molecule has 0 saturated heterocycles. The van der Waals surface area contributed by atoms with Crippen LogP contribution >= 0.6 is 0 Å². The average molecular weight is 275 g/mol. The van der Waals surface area contributed by atoms with Gasteiger partial charge in [0.1, 0.15) is 5.54 Å². The Morgan fingerprint density at radius 1 is 1.35 bits per heavy atom. The number of rotatable bonds is 4. The lowest BCUT2D eigenvalue weighted by Crippen LogP contribution is -2.38. The average Bonchev–Trinajstić information content (AvgIpc) is 3.07. The van der Waals surface area contributed by atoms with Crippen LogP contribution in [0.3, 0.4) is 0 Å². The molecule has 1 aromatic carbocycles. The zero-order chi connectivity index (χ0) is 14.2. The summed E-state index contributed by atoms with van der Waals surface area (Å²) in [5.74, 6) is 0.897. The molecule has 1 aliphatic rings. The second-order valence-corrected chi connectivity index (χ2v) is 5.25. The molecule has 6 nitrogen and oxygen atoms in total. The fourth-order valence-corrected chi connectivity index (χ4v) is 2.24. The van der Waals surface area contributed by atoms with E-state index < -0.39 is 5.54 Å². The first kappa shape index (κ1) is 13.2. The topological polar surface area (TPSA) is 83.4 Å². The predicted octanol–water partition coefficient (Wildman–Crippen LogP) is 1.59. The lowest BCUT2D eigenvalue weighted by atomic mass is 10.0. The summed E-state index contributed by atoms with van der Waals surface area (Å²) in [6.07, 6.45) is 0. The molecule has 1 aromatic heterocycles. The number of ether oxygens (including phenoxy) is 2. The van der Waals surface area contributed by atoms with E-state index in [1.54, 1.807) is 7.11 Å². The van der Waals surface area contributed by atoms with Crippen LogP contribution in [0.15, 0.2) is 22.7 Å². The molecule has 6 heteroatoms. The van der Waals surface area contributed by atoms with Crippen LogP contribution in [0.25, 0.3) is 11.5 Å². The van der Waals surface area contributed by atoms with Crippen LogP contribution in [-0.2, 0) is 28.2 Å². The molecule has 1 atom stereocenters. The highest BCUT2D eigenvalue weighted by molar-refractivity contribution is 5.56. The molecular weight excluding hydrogens is 258 g/mol. The van der Waals surface area contributed by atoms with Gasteiger partial charge in [0, 0.05) is 12.7 Å². The molecule has 1 aliphatic heterocycles. The molecule has 1 unspecified atom stereocenters. The number of methoxy groups -OCH3 is 1. The third-order valence-electron chi connectivity index (χ3n) is 3.35. The minimum Gasteiger partial charge on any atom is -0.382 e. The number of benzene rings is 1. The van der Waals surface area contributed by atoms with Gasteiger partial charge in [0.25, 0.3) is 5.89 Å². The first-order valence-electron chi connectivity index (χ1n) is 6.42. The molecule has 20 heavy (non-hydrogen) atoms. The highest BCUT2D eigenvalue weighted by atomic mass is 16.5. The Morgan fingerprint density at radius 3 is 2.95 bits per heavy atom. The maximum Gasteiger partial charge on any atom is 0.258 e. The van der Waals surface area contributed by atoms with E-state index in [1.807, 2.05) is 25.1 Å². The van der Waals surface area contributed by atoms with Crippen molar-refractivity contribution in [3.8, 4) is 11.5 Å². The highest BCUT2D eigenvalue weighted by Crippen LogP contribution is 2.27. The summed E-state index contributed by atoms with van der Waals surface area (Å²) in [6, 6.07) is 6.00. The van der Waals surface area contributed by atoms with Crippen LogP contribution in [0.1, 0.15) is 23.9 Å². The number of hydrogen-bond acceptors (Lipinski definition) is 6. The minimum absolute atomic E-state index is 0.323. The Labute approximate surface area is 116 Å². The van der Waals surface area contributed by atoms with Gasteiger partial charge in [0.05, 0.1) is 19.8 Å². The molecule has 106 valence electrons. The monoisotopic (exact) mass is 275 g/mol. The van der Waals surface area contributed by atoms with Crippen LogP contribution in [0.2, 0.25) is 0 Å². The Bertz CT molecular complexity index is 622. The molecule has 0 fully saturated rings. The molecule has 0 aliphatic carbocycles. The van der Waals surface area contributed by atoms with Crippen LogP contribution in [-0.4, -0.2) is 23.9 Å². The van der Waals surface area contributed by atoms with E-state index in [9.17, 15) is 0 Å². The smallest absolute Gasteiger partial charge is 0.258 e. The van der Waals surface area contributed by atoms with Crippen LogP contribution in [0.4, 0.5) is 0 Å². The Kier molecular flexibility index (Phi) is 3.29. The Hall–Kier alpha value is -1.76.